The summed E-state index contributed by atoms with van der Waals surface area (Å²) < 4.78 is 18.6. The first-order valence-electron chi connectivity index (χ1n) is 7.24. The van der Waals surface area contributed by atoms with Crippen LogP contribution in [-0.2, 0) is 9.53 Å². The molecule has 2 atom stereocenters. The van der Waals surface area contributed by atoms with E-state index in [1.807, 2.05) is 12.1 Å². The highest BCUT2D eigenvalue weighted by atomic mass is 32.2. The molecule has 2 aliphatic rings. The number of benzene rings is 2. The molecular formula is C16H15FN2O2S. The van der Waals surface area contributed by atoms with E-state index in [4.69, 9.17) is 4.74 Å². The van der Waals surface area contributed by atoms with Crippen molar-refractivity contribution in [2.75, 3.05) is 18.5 Å². The van der Waals surface area contributed by atoms with Crippen molar-refractivity contribution in [3.8, 4) is 0 Å². The predicted molar refractivity (Wildman–Crippen MR) is 84.2 cm³/mol. The third kappa shape index (κ3) is 2.42. The summed E-state index contributed by atoms with van der Waals surface area (Å²) in [4.78, 5) is 13.2. The molecule has 2 aliphatic heterocycles. The van der Waals surface area contributed by atoms with Gasteiger partial charge in [-0.3, -0.25) is 4.79 Å². The molecule has 0 radical (unpaired) electrons. The van der Waals surface area contributed by atoms with Crippen LogP contribution in [0.5, 0.6) is 0 Å². The Kier molecular flexibility index (Phi) is 3.43. The maximum Gasteiger partial charge on any atom is 0.227 e. The highest BCUT2D eigenvalue weighted by molar-refractivity contribution is 8.00. The maximum atomic E-state index is 13.3. The fourth-order valence-electron chi connectivity index (χ4n) is 2.86. The number of hydrogen-bond donors (Lipinski definition) is 2. The van der Waals surface area contributed by atoms with Gasteiger partial charge in [0.1, 0.15) is 5.82 Å². The minimum absolute atomic E-state index is 0.0191. The van der Waals surface area contributed by atoms with Gasteiger partial charge in [-0.2, -0.15) is 0 Å². The van der Waals surface area contributed by atoms with Crippen molar-refractivity contribution in [1.82, 2.24) is 5.32 Å². The van der Waals surface area contributed by atoms with E-state index < -0.39 is 0 Å². The molecule has 2 aromatic carbocycles. The zero-order chi connectivity index (χ0) is 15.1. The van der Waals surface area contributed by atoms with Crippen LogP contribution >= 0.6 is 11.8 Å². The van der Waals surface area contributed by atoms with Gasteiger partial charge in [0, 0.05) is 11.5 Å². The van der Waals surface area contributed by atoms with Crippen molar-refractivity contribution < 1.29 is 13.9 Å². The largest absolute Gasteiger partial charge is 0.381 e. The normalized spacial score (nSPS) is 23.3. The SMILES string of the molecule is O=C(NC1Nc2ccc3cc(F)ccc3c2S1)[C@H]1CCOC1. The van der Waals surface area contributed by atoms with Crippen molar-refractivity contribution in [3.63, 3.8) is 0 Å². The Morgan fingerprint density at radius 3 is 3.09 bits per heavy atom. The number of fused-ring (bicyclic) bond motifs is 3. The van der Waals surface area contributed by atoms with Crippen molar-refractivity contribution in [2.24, 2.45) is 5.92 Å². The van der Waals surface area contributed by atoms with E-state index in [2.05, 4.69) is 10.6 Å². The first-order valence-corrected chi connectivity index (χ1v) is 8.12. The summed E-state index contributed by atoms with van der Waals surface area (Å²) in [6.45, 7) is 1.15. The number of amides is 1. The van der Waals surface area contributed by atoms with E-state index in [0.717, 1.165) is 27.8 Å². The molecule has 6 heteroatoms. The summed E-state index contributed by atoms with van der Waals surface area (Å²) in [7, 11) is 0. The molecule has 0 spiro atoms. The Balaban J connectivity index is 1.55. The quantitative estimate of drug-likeness (QED) is 0.894. The van der Waals surface area contributed by atoms with Crippen LogP contribution in [0, 0.1) is 11.7 Å². The van der Waals surface area contributed by atoms with E-state index in [0.29, 0.717) is 13.2 Å². The van der Waals surface area contributed by atoms with Crippen LogP contribution in [0.25, 0.3) is 10.8 Å². The van der Waals surface area contributed by atoms with E-state index in [9.17, 15) is 9.18 Å². The summed E-state index contributed by atoms with van der Waals surface area (Å²) in [5, 5.41) is 8.16. The summed E-state index contributed by atoms with van der Waals surface area (Å²) in [6, 6.07) is 8.59. The van der Waals surface area contributed by atoms with Gasteiger partial charge in [0.25, 0.3) is 0 Å². The molecule has 2 N–H and O–H groups in total. The lowest BCUT2D eigenvalue weighted by Crippen LogP contribution is -2.39. The summed E-state index contributed by atoms with van der Waals surface area (Å²) in [5.74, 6) is -0.280. The van der Waals surface area contributed by atoms with Crippen molar-refractivity contribution in [3.05, 3.63) is 36.1 Å². The van der Waals surface area contributed by atoms with Crippen LogP contribution in [0.4, 0.5) is 10.1 Å². The molecular weight excluding hydrogens is 303 g/mol. The molecule has 1 saturated heterocycles. The van der Waals surface area contributed by atoms with Crippen molar-refractivity contribution in [1.29, 1.82) is 0 Å². The molecule has 1 amide bonds. The van der Waals surface area contributed by atoms with E-state index in [1.165, 1.54) is 12.1 Å². The Labute approximate surface area is 131 Å². The zero-order valence-corrected chi connectivity index (χ0v) is 12.6. The Morgan fingerprint density at radius 1 is 1.36 bits per heavy atom. The highest BCUT2D eigenvalue weighted by Crippen LogP contribution is 2.42. The number of anilines is 1. The molecule has 1 unspecified atom stereocenters. The topological polar surface area (TPSA) is 50.4 Å². The molecule has 2 heterocycles. The van der Waals surface area contributed by atoms with Gasteiger partial charge < -0.3 is 15.4 Å². The number of ether oxygens (including phenoxy) is 1. The number of halogens is 1. The molecule has 0 bridgehead atoms. The van der Waals surface area contributed by atoms with Gasteiger partial charge >= 0.3 is 0 Å². The molecule has 2 aromatic rings. The second kappa shape index (κ2) is 5.44. The van der Waals surface area contributed by atoms with Gasteiger partial charge in [0.15, 0.2) is 5.50 Å². The highest BCUT2D eigenvalue weighted by Gasteiger charge is 2.29. The lowest BCUT2D eigenvalue weighted by Gasteiger charge is -2.15. The number of hydrogen-bond acceptors (Lipinski definition) is 4. The molecule has 22 heavy (non-hydrogen) atoms. The molecule has 4 nitrogen and oxygen atoms in total. The third-order valence-corrected chi connectivity index (χ3v) is 5.18. The van der Waals surface area contributed by atoms with E-state index >= 15 is 0 Å². The van der Waals surface area contributed by atoms with Gasteiger partial charge in [-0.05, 0) is 35.4 Å². The number of rotatable bonds is 2. The molecule has 0 aromatic heterocycles. The van der Waals surface area contributed by atoms with Crippen LogP contribution in [0.2, 0.25) is 0 Å². The lowest BCUT2D eigenvalue weighted by molar-refractivity contribution is -0.125. The summed E-state index contributed by atoms with van der Waals surface area (Å²) in [5.41, 5.74) is 0.774. The zero-order valence-electron chi connectivity index (χ0n) is 11.8. The fourth-order valence-corrected chi connectivity index (χ4v) is 4.02. The van der Waals surface area contributed by atoms with Gasteiger partial charge in [-0.1, -0.05) is 23.9 Å². The van der Waals surface area contributed by atoms with Crippen LogP contribution in [0.3, 0.4) is 0 Å². The van der Waals surface area contributed by atoms with E-state index in [-0.39, 0.29) is 23.1 Å². The molecule has 4 rings (SSSR count). The van der Waals surface area contributed by atoms with Crippen LogP contribution in [0.15, 0.2) is 35.2 Å². The van der Waals surface area contributed by atoms with Gasteiger partial charge in [0.2, 0.25) is 5.91 Å². The lowest BCUT2D eigenvalue weighted by atomic mass is 10.1. The Hall–Kier alpha value is -1.79. The Bertz CT molecular complexity index is 746. The average Bonchev–Trinajstić information content (AvgIpc) is 3.15. The first-order chi connectivity index (χ1) is 10.7. The van der Waals surface area contributed by atoms with Crippen LogP contribution < -0.4 is 10.6 Å². The first kappa shape index (κ1) is 13.8. The van der Waals surface area contributed by atoms with Crippen molar-refractivity contribution >= 4 is 34.1 Å². The maximum absolute atomic E-state index is 13.3. The third-order valence-electron chi connectivity index (χ3n) is 4.03. The van der Waals surface area contributed by atoms with Gasteiger partial charge in [-0.25, -0.2) is 4.39 Å². The standard InChI is InChI=1S/C16H15FN2O2S/c17-11-2-3-12-9(7-11)1-4-13-14(12)22-16(18-13)19-15(20)10-5-6-21-8-10/h1-4,7,10,16,18H,5-6,8H2,(H,19,20)/t10-,16?/m0/s1. The van der Waals surface area contributed by atoms with Crippen molar-refractivity contribution in [2.45, 2.75) is 16.8 Å². The van der Waals surface area contributed by atoms with Crippen LogP contribution in [-0.4, -0.2) is 24.6 Å². The average molecular weight is 318 g/mol. The minimum atomic E-state index is -0.241. The summed E-state index contributed by atoms with van der Waals surface area (Å²) in [6.07, 6.45) is 0.776. The number of carbonyl (C=O) groups is 1. The second-order valence-electron chi connectivity index (χ2n) is 5.52. The Morgan fingerprint density at radius 2 is 2.27 bits per heavy atom. The molecule has 0 saturated carbocycles. The predicted octanol–water partition coefficient (Wildman–Crippen LogP) is 2.93. The van der Waals surface area contributed by atoms with Crippen LogP contribution in [0.1, 0.15) is 6.42 Å². The fraction of sp³-hybridized carbons (Fsp3) is 0.312. The number of thioether (sulfide) groups is 1. The smallest absolute Gasteiger partial charge is 0.227 e. The molecule has 0 aliphatic carbocycles. The monoisotopic (exact) mass is 318 g/mol. The number of carbonyl (C=O) groups excluding carboxylic acids is 1. The van der Waals surface area contributed by atoms with Gasteiger partial charge in [0.05, 0.1) is 18.2 Å². The molecule has 1 fully saturated rings. The number of nitrogens with one attached hydrogen (secondary N) is 2. The van der Waals surface area contributed by atoms with E-state index in [1.54, 1.807) is 17.8 Å². The second-order valence-corrected chi connectivity index (χ2v) is 6.63. The minimum Gasteiger partial charge on any atom is -0.381 e. The molecule has 114 valence electrons. The summed E-state index contributed by atoms with van der Waals surface area (Å²) >= 11 is 1.55. The van der Waals surface area contributed by atoms with Gasteiger partial charge in [-0.15, -0.1) is 0 Å².